The van der Waals surface area contributed by atoms with E-state index in [-0.39, 0.29) is 5.41 Å². The van der Waals surface area contributed by atoms with Gasteiger partial charge >= 0.3 is 0 Å². The molecule has 0 saturated carbocycles. The maximum atomic E-state index is 5.83. The van der Waals surface area contributed by atoms with Crippen LogP contribution >= 0.6 is 11.3 Å². The molecule has 0 aliphatic carbocycles. The van der Waals surface area contributed by atoms with Crippen LogP contribution in [0, 0.1) is 0 Å². The van der Waals surface area contributed by atoms with Crippen LogP contribution in [0.25, 0.3) is 0 Å². The third-order valence-electron chi connectivity index (χ3n) is 2.59. The zero-order valence-electron chi connectivity index (χ0n) is 10.4. The largest absolute Gasteiger partial charge is 0.383 e. The summed E-state index contributed by atoms with van der Waals surface area (Å²) in [5.74, 6) is 0.597. The minimum Gasteiger partial charge on any atom is -0.383 e. The predicted octanol–water partition coefficient (Wildman–Crippen LogP) is 3.01. The lowest BCUT2D eigenvalue weighted by Gasteiger charge is -2.14. The van der Waals surface area contributed by atoms with E-state index in [0.717, 1.165) is 22.7 Å². The van der Waals surface area contributed by atoms with Gasteiger partial charge in [-0.05, 0) is 6.07 Å². The van der Waals surface area contributed by atoms with Crippen LogP contribution in [0.15, 0.2) is 23.7 Å². The monoisotopic (exact) mass is 247 g/mol. The van der Waals surface area contributed by atoms with E-state index >= 15 is 0 Å². The Hall–Kier alpha value is -1.42. The average molecular weight is 247 g/mol. The molecule has 0 unspecified atom stereocenters. The summed E-state index contributed by atoms with van der Waals surface area (Å²) in [5.41, 5.74) is 8.12. The molecule has 0 bridgehead atoms. The Balaban J connectivity index is 2.21. The molecule has 0 fully saturated rings. The Kier molecular flexibility index (Phi) is 3.15. The summed E-state index contributed by atoms with van der Waals surface area (Å²) in [6.45, 7) is 6.51. The summed E-state index contributed by atoms with van der Waals surface area (Å²) >= 11 is 1.69. The molecule has 0 saturated heterocycles. The number of anilines is 1. The number of nitrogens with zero attached hydrogens (tertiary/aromatic N) is 2. The molecule has 0 atom stereocenters. The van der Waals surface area contributed by atoms with Crippen LogP contribution in [0.4, 0.5) is 5.82 Å². The van der Waals surface area contributed by atoms with Crippen molar-refractivity contribution in [2.24, 2.45) is 0 Å². The quantitative estimate of drug-likeness (QED) is 0.887. The van der Waals surface area contributed by atoms with Crippen molar-refractivity contribution in [1.29, 1.82) is 0 Å². The molecule has 0 radical (unpaired) electrons. The molecule has 2 aromatic rings. The van der Waals surface area contributed by atoms with Crippen LogP contribution < -0.4 is 5.73 Å². The third kappa shape index (κ3) is 2.82. The van der Waals surface area contributed by atoms with Gasteiger partial charge in [-0.1, -0.05) is 26.8 Å². The number of hydrogen-bond acceptors (Lipinski definition) is 4. The first-order chi connectivity index (χ1) is 7.97. The zero-order valence-corrected chi connectivity index (χ0v) is 11.2. The molecule has 17 heavy (non-hydrogen) atoms. The molecule has 0 amide bonds. The maximum Gasteiger partial charge on any atom is 0.126 e. The van der Waals surface area contributed by atoms with Gasteiger partial charge in [-0.15, -0.1) is 11.3 Å². The Morgan fingerprint density at radius 3 is 2.71 bits per heavy atom. The summed E-state index contributed by atoms with van der Waals surface area (Å²) < 4.78 is 0. The van der Waals surface area contributed by atoms with Crippen LogP contribution in [-0.4, -0.2) is 9.97 Å². The SMILES string of the molecule is CC(C)(C)c1csc(Cc2cccnc2N)n1. The normalized spacial score (nSPS) is 11.7. The molecular weight excluding hydrogens is 230 g/mol. The fraction of sp³-hybridized carbons (Fsp3) is 0.385. The number of pyridine rings is 1. The molecule has 0 aromatic carbocycles. The molecule has 2 N–H and O–H groups in total. The molecule has 2 heterocycles. The first-order valence-corrected chi connectivity index (χ1v) is 6.49. The topological polar surface area (TPSA) is 51.8 Å². The van der Waals surface area contributed by atoms with Crippen molar-refractivity contribution in [3.8, 4) is 0 Å². The molecule has 0 aliphatic heterocycles. The van der Waals surface area contributed by atoms with E-state index in [9.17, 15) is 0 Å². The van der Waals surface area contributed by atoms with Crippen LogP contribution in [0.2, 0.25) is 0 Å². The lowest BCUT2D eigenvalue weighted by Crippen LogP contribution is -2.11. The van der Waals surface area contributed by atoms with E-state index < -0.39 is 0 Å². The summed E-state index contributed by atoms with van der Waals surface area (Å²) in [6.07, 6.45) is 2.47. The van der Waals surface area contributed by atoms with Gasteiger partial charge in [-0.25, -0.2) is 9.97 Å². The molecule has 3 nitrogen and oxygen atoms in total. The lowest BCUT2D eigenvalue weighted by atomic mass is 9.93. The fourth-order valence-corrected chi connectivity index (χ4v) is 2.54. The van der Waals surface area contributed by atoms with Crippen molar-refractivity contribution < 1.29 is 0 Å². The summed E-state index contributed by atoms with van der Waals surface area (Å²) in [5, 5.41) is 3.22. The summed E-state index contributed by atoms with van der Waals surface area (Å²) in [6, 6.07) is 3.91. The van der Waals surface area contributed by atoms with Gasteiger partial charge in [0, 0.05) is 29.0 Å². The van der Waals surface area contributed by atoms with Gasteiger partial charge in [-0.2, -0.15) is 0 Å². The molecule has 90 valence electrons. The van der Waals surface area contributed by atoms with Gasteiger partial charge in [-0.3, -0.25) is 0 Å². The van der Waals surface area contributed by atoms with Crippen molar-refractivity contribution in [2.75, 3.05) is 5.73 Å². The number of thiazole rings is 1. The van der Waals surface area contributed by atoms with Gasteiger partial charge in [0.05, 0.1) is 10.7 Å². The van der Waals surface area contributed by atoms with Gasteiger partial charge < -0.3 is 5.73 Å². The Bertz CT molecular complexity index is 511. The highest BCUT2D eigenvalue weighted by Crippen LogP contribution is 2.25. The van der Waals surface area contributed by atoms with Gasteiger partial charge in [0.25, 0.3) is 0 Å². The zero-order chi connectivity index (χ0) is 12.5. The Labute approximate surface area is 106 Å². The van der Waals surface area contributed by atoms with Crippen LogP contribution in [0.1, 0.15) is 37.0 Å². The van der Waals surface area contributed by atoms with E-state index in [1.54, 1.807) is 17.5 Å². The Morgan fingerprint density at radius 1 is 1.35 bits per heavy atom. The van der Waals surface area contributed by atoms with Gasteiger partial charge in [0.15, 0.2) is 0 Å². The van der Waals surface area contributed by atoms with E-state index in [4.69, 9.17) is 5.73 Å². The lowest BCUT2D eigenvalue weighted by molar-refractivity contribution is 0.571. The summed E-state index contributed by atoms with van der Waals surface area (Å²) in [4.78, 5) is 8.74. The molecule has 0 aliphatic rings. The number of aromatic nitrogens is 2. The highest BCUT2D eigenvalue weighted by atomic mass is 32.1. The number of nitrogens with two attached hydrogens (primary N) is 1. The van der Waals surface area contributed by atoms with Crippen LogP contribution in [0.3, 0.4) is 0 Å². The molecular formula is C13H17N3S. The van der Waals surface area contributed by atoms with E-state index in [2.05, 4.69) is 36.1 Å². The number of hydrogen-bond donors (Lipinski definition) is 1. The van der Waals surface area contributed by atoms with Crippen LogP contribution in [0.5, 0.6) is 0 Å². The molecule has 0 spiro atoms. The number of rotatable bonds is 2. The first-order valence-electron chi connectivity index (χ1n) is 5.61. The minimum atomic E-state index is 0.106. The molecule has 2 rings (SSSR count). The van der Waals surface area contributed by atoms with Crippen molar-refractivity contribution >= 4 is 17.2 Å². The summed E-state index contributed by atoms with van der Waals surface area (Å²) in [7, 11) is 0. The minimum absolute atomic E-state index is 0.106. The smallest absolute Gasteiger partial charge is 0.126 e. The first kappa shape index (κ1) is 12.0. The fourth-order valence-electron chi connectivity index (χ4n) is 1.50. The van der Waals surface area contributed by atoms with Gasteiger partial charge in [0.2, 0.25) is 0 Å². The standard InChI is InChI=1S/C13H17N3S/c1-13(2,3)10-8-17-11(16-10)7-9-5-4-6-15-12(9)14/h4-6,8H,7H2,1-3H3,(H2,14,15). The number of nitrogen functional groups attached to an aromatic ring is 1. The van der Waals surface area contributed by atoms with Crippen LogP contribution in [-0.2, 0) is 11.8 Å². The second kappa shape index (κ2) is 4.45. The second-order valence-electron chi connectivity index (χ2n) is 5.10. The van der Waals surface area contributed by atoms with Crippen molar-refractivity contribution in [3.63, 3.8) is 0 Å². The van der Waals surface area contributed by atoms with Crippen molar-refractivity contribution in [3.05, 3.63) is 40.0 Å². The average Bonchev–Trinajstić information content (AvgIpc) is 2.69. The van der Waals surface area contributed by atoms with Gasteiger partial charge in [0.1, 0.15) is 5.82 Å². The third-order valence-corrected chi connectivity index (χ3v) is 3.44. The highest BCUT2D eigenvalue weighted by molar-refractivity contribution is 7.09. The Morgan fingerprint density at radius 2 is 2.12 bits per heavy atom. The highest BCUT2D eigenvalue weighted by Gasteiger charge is 2.17. The molecule has 2 aromatic heterocycles. The maximum absolute atomic E-state index is 5.83. The van der Waals surface area contributed by atoms with E-state index in [0.29, 0.717) is 5.82 Å². The van der Waals surface area contributed by atoms with Crippen molar-refractivity contribution in [1.82, 2.24) is 9.97 Å². The molecule has 4 heteroatoms. The second-order valence-corrected chi connectivity index (χ2v) is 6.04. The van der Waals surface area contributed by atoms with E-state index in [1.165, 1.54) is 0 Å². The van der Waals surface area contributed by atoms with E-state index in [1.807, 2.05) is 12.1 Å². The van der Waals surface area contributed by atoms with Crippen molar-refractivity contribution in [2.45, 2.75) is 32.6 Å². The predicted molar refractivity (Wildman–Crippen MR) is 72.3 cm³/mol.